The van der Waals surface area contributed by atoms with Gasteiger partial charge < -0.3 is 11.1 Å². The van der Waals surface area contributed by atoms with Gasteiger partial charge in [0.05, 0.1) is 5.69 Å². The molecule has 1 aliphatic rings. The predicted octanol–water partition coefficient (Wildman–Crippen LogP) is 1.97. The van der Waals surface area contributed by atoms with Gasteiger partial charge in [-0.25, -0.2) is 8.78 Å². The fourth-order valence-corrected chi connectivity index (χ4v) is 1.80. The monoisotopic (exact) mass is 198 g/mol. The van der Waals surface area contributed by atoms with E-state index in [2.05, 4.69) is 5.32 Å². The lowest BCUT2D eigenvalue weighted by Crippen LogP contribution is -2.15. The van der Waals surface area contributed by atoms with E-state index in [0.717, 1.165) is 25.5 Å². The van der Waals surface area contributed by atoms with Crippen LogP contribution in [0.4, 0.5) is 14.5 Å². The standard InChI is InChI=1S/C10H12F2N2/c11-7-5-8(12)9(13)4-6(7)10-2-1-3-14-10/h4-5,10,14H,1-3,13H2/t10-/m1/s1. The summed E-state index contributed by atoms with van der Waals surface area (Å²) in [5, 5.41) is 3.14. The lowest BCUT2D eigenvalue weighted by atomic mass is 10.0. The average molecular weight is 198 g/mol. The van der Waals surface area contributed by atoms with E-state index in [0.29, 0.717) is 5.56 Å². The predicted molar refractivity (Wildman–Crippen MR) is 50.7 cm³/mol. The molecular weight excluding hydrogens is 186 g/mol. The minimum Gasteiger partial charge on any atom is -0.396 e. The Labute approximate surface area is 81.1 Å². The summed E-state index contributed by atoms with van der Waals surface area (Å²) in [6, 6.07) is 2.22. The van der Waals surface area contributed by atoms with Crippen LogP contribution in [0.1, 0.15) is 24.4 Å². The molecule has 1 heterocycles. The molecular formula is C10H12F2N2. The minimum absolute atomic E-state index is 0.00935. The Balaban J connectivity index is 2.37. The highest BCUT2D eigenvalue weighted by molar-refractivity contribution is 5.44. The molecule has 1 fully saturated rings. The van der Waals surface area contributed by atoms with Crippen LogP contribution in [0.25, 0.3) is 0 Å². The number of benzene rings is 1. The third kappa shape index (κ3) is 1.57. The molecule has 1 aliphatic heterocycles. The molecule has 0 amide bonds. The van der Waals surface area contributed by atoms with E-state index >= 15 is 0 Å². The van der Waals surface area contributed by atoms with E-state index in [1.54, 1.807) is 0 Å². The normalized spacial score (nSPS) is 21.4. The van der Waals surface area contributed by atoms with Crippen molar-refractivity contribution in [3.8, 4) is 0 Å². The first-order valence-corrected chi connectivity index (χ1v) is 4.66. The molecule has 0 aliphatic carbocycles. The third-order valence-corrected chi connectivity index (χ3v) is 2.55. The van der Waals surface area contributed by atoms with Gasteiger partial charge in [0.1, 0.15) is 11.6 Å². The summed E-state index contributed by atoms with van der Waals surface area (Å²) < 4.78 is 26.2. The van der Waals surface area contributed by atoms with Crippen LogP contribution in [-0.2, 0) is 0 Å². The van der Waals surface area contributed by atoms with E-state index in [9.17, 15) is 8.78 Å². The second kappa shape index (κ2) is 3.53. The summed E-state index contributed by atoms with van der Waals surface area (Å²) in [6.45, 7) is 0.876. The first kappa shape index (κ1) is 9.40. The number of halogens is 2. The van der Waals surface area contributed by atoms with Crippen LogP contribution in [0, 0.1) is 11.6 Å². The molecule has 2 rings (SSSR count). The fraction of sp³-hybridized carbons (Fsp3) is 0.400. The van der Waals surface area contributed by atoms with Crippen molar-refractivity contribution in [3.63, 3.8) is 0 Å². The highest BCUT2D eigenvalue weighted by atomic mass is 19.1. The Hall–Kier alpha value is -1.16. The number of nitrogens with two attached hydrogens (primary N) is 1. The fourth-order valence-electron chi connectivity index (χ4n) is 1.80. The minimum atomic E-state index is -0.691. The second-order valence-electron chi connectivity index (χ2n) is 3.54. The molecule has 3 N–H and O–H groups in total. The first-order valence-electron chi connectivity index (χ1n) is 4.66. The lowest BCUT2D eigenvalue weighted by molar-refractivity contribution is 0.541. The van der Waals surface area contributed by atoms with E-state index in [-0.39, 0.29) is 11.7 Å². The van der Waals surface area contributed by atoms with Gasteiger partial charge in [0, 0.05) is 17.7 Å². The molecule has 0 spiro atoms. The molecule has 0 aromatic heterocycles. The van der Waals surface area contributed by atoms with Crippen molar-refractivity contribution in [3.05, 3.63) is 29.3 Å². The Bertz CT molecular complexity index is 346. The summed E-state index contributed by atoms with van der Waals surface area (Å²) in [4.78, 5) is 0. The zero-order valence-corrected chi connectivity index (χ0v) is 7.69. The van der Waals surface area contributed by atoms with Crippen LogP contribution >= 0.6 is 0 Å². The van der Waals surface area contributed by atoms with E-state index in [1.165, 1.54) is 6.07 Å². The van der Waals surface area contributed by atoms with Crippen LogP contribution in [0.2, 0.25) is 0 Å². The summed E-state index contributed by atoms with van der Waals surface area (Å²) in [5.41, 5.74) is 5.87. The molecule has 1 aromatic carbocycles. The molecule has 0 bridgehead atoms. The van der Waals surface area contributed by atoms with Crippen LogP contribution in [0.15, 0.2) is 12.1 Å². The summed E-state index contributed by atoms with van der Waals surface area (Å²) in [6.07, 6.45) is 1.89. The molecule has 1 atom stereocenters. The van der Waals surface area contributed by atoms with Gasteiger partial charge in [-0.05, 0) is 25.5 Å². The number of nitrogens with one attached hydrogen (secondary N) is 1. The highest BCUT2D eigenvalue weighted by Crippen LogP contribution is 2.28. The molecule has 4 heteroatoms. The number of nitrogen functional groups attached to an aromatic ring is 1. The molecule has 0 unspecified atom stereocenters. The molecule has 1 aromatic rings. The molecule has 76 valence electrons. The van der Waals surface area contributed by atoms with Crippen LogP contribution in [0.3, 0.4) is 0 Å². The smallest absolute Gasteiger partial charge is 0.149 e. The van der Waals surface area contributed by atoms with Crippen molar-refractivity contribution < 1.29 is 8.78 Å². The number of hydrogen-bond acceptors (Lipinski definition) is 2. The van der Waals surface area contributed by atoms with E-state index in [1.807, 2.05) is 0 Å². The zero-order chi connectivity index (χ0) is 10.1. The Morgan fingerprint density at radius 1 is 1.29 bits per heavy atom. The molecule has 1 saturated heterocycles. The van der Waals surface area contributed by atoms with Crippen LogP contribution < -0.4 is 11.1 Å². The largest absolute Gasteiger partial charge is 0.396 e. The van der Waals surface area contributed by atoms with E-state index < -0.39 is 11.6 Å². The maximum atomic E-state index is 13.3. The van der Waals surface area contributed by atoms with Crippen molar-refractivity contribution in [1.29, 1.82) is 0 Å². The topological polar surface area (TPSA) is 38.0 Å². The highest BCUT2D eigenvalue weighted by Gasteiger charge is 2.20. The SMILES string of the molecule is Nc1cc([C@H]2CCCN2)c(F)cc1F. The Morgan fingerprint density at radius 3 is 2.71 bits per heavy atom. The van der Waals surface area contributed by atoms with Crippen LogP contribution in [0.5, 0.6) is 0 Å². The van der Waals surface area contributed by atoms with Gasteiger partial charge in [-0.15, -0.1) is 0 Å². The average Bonchev–Trinajstić information content (AvgIpc) is 2.64. The van der Waals surface area contributed by atoms with Gasteiger partial charge in [-0.1, -0.05) is 0 Å². The van der Waals surface area contributed by atoms with Crippen molar-refractivity contribution in [2.24, 2.45) is 0 Å². The van der Waals surface area contributed by atoms with Crippen molar-refractivity contribution in [2.45, 2.75) is 18.9 Å². The van der Waals surface area contributed by atoms with Crippen molar-refractivity contribution in [2.75, 3.05) is 12.3 Å². The van der Waals surface area contributed by atoms with Gasteiger partial charge in [-0.2, -0.15) is 0 Å². The molecule has 2 nitrogen and oxygen atoms in total. The van der Waals surface area contributed by atoms with Gasteiger partial charge in [-0.3, -0.25) is 0 Å². The van der Waals surface area contributed by atoms with Crippen molar-refractivity contribution >= 4 is 5.69 Å². The van der Waals surface area contributed by atoms with Crippen LogP contribution in [-0.4, -0.2) is 6.54 Å². The van der Waals surface area contributed by atoms with Gasteiger partial charge in [0.25, 0.3) is 0 Å². The quantitative estimate of drug-likeness (QED) is 0.677. The van der Waals surface area contributed by atoms with Crippen molar-refractivity contribution in [1.82, 2.24) is 5.32 Å². The van der Waals surface area contributed by atoms with Gasteiger partial charge >= 0.3 is 0 Å². The lowest BCUT2D eigenvalue weighted by Gasteiger charge is -2.12. The molecule has 14 heavy (non-hydrogen) atoms. The zero-order valence-electron chi connectivity index (χ0n) is 7.69. The maximum absolute atomic E-state index is 13.3. The molecule has 0 saturated carbocycles. The number of hydrogen-bond donors (Lipinski definition) is 2. The summed E-state index contributed by atoms with van der Waals surface area (Å²) in [5.74, 6) is -1.21. The number of anilines is 1. The van der Waals surface area contributed by atoms with E-state index in [4.69, 9.17) is 5.73 Å². The summed E-state index contributed by atoms with van der Waals surface area (Å²) >= 11 is 0. The third-order valence-electron chi connectivity index (χ3n) is 2.55. The maximum Gasteiger partial charge on any atom is 0.149 e. The molecule has 0 radical (unpaired) electrons. The Kier molecular flexibility index (Phi) is 2.37. The second-order valence-corrected chi connectivity index (χ2v) is 3.54. The Morgan fingerprint density at radius 2 is 2.07 bits per heavy atom. The number of rotatable bonds is 1. The first-order chi connectivity index (χ1) is 6.68. The van der Waals surface area contributed by atoms with Gasteiger partial charge in [0.2, 0.25) is 0 Å². The van der Waals surface area contributed by atoms with Gasteiger partial charge in [0.15, 0.2) is 0 Å². The summed E-state index contributed by atoms with van der Waals surface area (Å²) in [7, 11) is 0.